The van der Waals surface area contributed by atoms with Gasteiger partial charge in [0.2, 0.25) is 0 Å². The Labute approximate surface area is 122 Å². The minimum Gasteiger partial charge on any atom is -0.481 e. The van der Waals surface area contributed by atoms with Crippen molar-refractivity contribution in [3.8, 4) is 0 Å². The van der Waals surface area contributed by atoms with Gasteiger partial charge in [-0.3, -0.25) is 9.59 Å². The molecule has 1 aromatic rings. The van der Waals surface area contributed by atoms with Gasteiger partial charge in [-0.25, -0.2) is 4.98 Å². The number of halogens is 1. The van der Waals surface area contributed by atoms with E-state index < -0.39 is 5.97 Å². The topological polar surface area (TPSA) is 70.5 Å². The Morgan fingerprint density at radius 2 is 2.25 bits per heavy atom. The third-order valence-electron chi connectivity index (χ3n) is 3.52. The molecular formula is C14H17ClN2O3. The molecule has 1 aliphatic heterocycles. The fraction of sp³-hybridized carbons (Fsp3) is 0.500. The van der Waals surface area contributed by atoms with E-state index >= 15 is 0 Å². The van der Waals surface area contributed by atoms with E-state index in [0.29, 0.717) is 30.2 Å². The highest BCUT2D eigenvalue weighted by atomic mass is 35.5. The second-order valence-electron chi connectivity index (χ2n) is 5.05. The van der Waals surface area contributed by atoms with Gasteiger partial charge in [-0.1, -0.05) is 11.6 Å². The summed E-state index contributed by atoms with van der Waals surface area (Å²) in [5, 5.41) is 9.22. The average molecular weight is 297 g/mol. The normalized spacial score (nSPS) is 18.9. The maximum absolute atomic E-state index is 12.3. The molecule has 1 N–H and O–H groups in total. The van der Waals surface area contributed by atoms with Crippen molar-refractivity contribution in [2.24, 2.45) is 5.92 Å². The van der Waals surface area contributed by atoms with Gasteiger partial charge in [0.1, 0.15) is 5.69 Å². The fourth-order valence-electron chi connectivity index (χ4n) is 2.48. The minimum absolute atomic E-state index is 0.110. The first-order valence-corrected chi connectivity index (χ1v) is 7.06. The van der Waals surface area contributed by atoms with E-state index in [1.54, 1.807) is 17.0 Å². The van der Waals surface area contributed by atoms with E-state index in [0.717, 1.165) is 12.8 Å². The van der Waals surface area contributed by atoms with Gasteiger partial charge in [0.15, 0.2) is 0 Å². The van der Waals surface area contributed by atoms with Gasteiger partial charge in [0, 0.05) is 25.7 Å². The Hall–Kier alpha value is -1.62. The van der Waals surface area contributed by atoms with Crippen molar-refractivity contribution in [2.45, 2.75) is 25.7 Å². The number of carbonyl (C=O) groups is 2. The van der Waals surface area contributed by atoms with Crippen LogP contribution < -0.4 is 0 Å². The molecule has 0 aliphatic carbocycles. The second kappa shape index (κ2) is 6.70. The molecule has 1 fully saturated rings. The Morgan fingerprint density at radius 3 is 2.90 bits per heavy atom. The summed E-state index contributed by atoms with van der Waals surface area (Å²) in [6.07, 6.45) is 4.12. The molecule has 0 spiro atoms. The molecule has 20 heavy (non-hydrogen) atoms. The van der Waals surface area contributed by atoms with Gasteiger partial charge >= 0.3 is 5.97 Å². The summed E-state index contributed by atoms with van der Waals surface area (Å²) >= 11 is 5.75. The highest BCUT2D eigenvalue weighted by molar-refractivity contribution is 6.30. The third-order valence-corrected chi connectivity index (χ3v) is 3.74. The molecule has 0 saturated carbocycles. The number of carboxylic acids is 1. The number of aromatic nitrogens is 1. The highest BCUT2D eigenvalue weighted by Crippen LogP contribution is 2.22. The van der Waals surface area contributed by atoms with E-state index in [2.05, 4.69) is 4.98 Å². The van der Waals surface area contributed by atoms with Crippen molar-refractivity contribution < 1.29 is 14.7 Å². The van der Waals surface area contributed by atoms with Crippen LogP contribution in [0.15, 0.2) is 18.3 Å². The smallest absolute Gasteiger partial charge is 0.303 e. The number of pyridine rings is 1. The summed E-state index contributed by atoms with van der Waals surface area (Å²) in [6.45, 7) is 1.31. The largest absolute Gasteiger partial charge is 0.481 e. The molecule has 6 heteroatoms. The molecular weight excluding hydrogens is 280 g/mol. The number of rotatable bonds is 4. The van der Waals surface area contributed by atoms with Crippen LogP contribution in [0.5, 0.6) is 0 Å². The highest BCUT2D eigenvalue weighted by Gasteiger charge is 2.25. The lowest BCUT2D eigenvalue weighted by atomic mass is 9.93. The van der Waals surface area contributed by atoms with Crippen LogP contribution in [0.25, 0.3) is 0 Å². The number of aliphatic carboxylic acids is 1. The molecule has 108 valence electrons. The molecule has 0 bridgehead atoms. The summed E-state index contributed by atoms with van der Waals surface area (Å²) in [4.78, 5) is 28.7. The molecule has 0 aromatic carbocycles. The Morgan fingerprint density at radius 1 is 1.45 bits per heavy atom. The first-order valence-electron chi connectivity index (χ1n) is 6.69. The van der Waals surface area contributed by atoms with Crippen molar-refractivity contribution in [3.63, 3.8) is 0 Å². The molecule has 0 unspecified atom stereocenters. The number of carbonyl (C=O) groups excluding carboxylic acids is 1. The predicted octanol–water partition coefficient (Wildman–Crippen LogP) is 2.45. The first-order chi connectivity index (χ1) is 9.56. The summed E-state index contributed by atoms with van der Waals surface area (Å²) in [5.74, 6) is -0.634. The molecule has 1 atom stereocenters. The number of carboxylic acid groups (broad SMARTS) is 1. The first kappa shape index (κ1) is 14.8. The molecule has 1 saturated heterocycles. The number of likely N-dealkylation sites (tertiary alicyclic amines) is 1. The second-order valence-corrected chi connectivity index (χ2v) is 5.49. The van der Waals surface area contributed by atoms with E-state index in [1.807, 2.05) is 0 Å². The zero-order valence-corrected chi connectivity index (χ0v) is 11.8. The lowest BCUT2D eigenvalue weighted by Crippen LogP contribution is -2.40. The van der Waals surface area contributed by atoms with E-state index in [1.165, 1.54) is 6.20 Å². The van der Waals surface area contributed by atoms with E-state index in [9.17, 15) is 9.59 Å². The van der Waals surface area contributed by atoms with Crippen molar-refractivity contribution >= 4 is 23.5 Å². The lowest BCUT2D eigenvalue weighted by molar-refractivity contribution is -0.137. The number of amides is 1. The molecule has 5 nitrogen and oxygen atoms in total. The summed E-state index contributed by atoms with van der Waals surface area (Å²) in [6, 6.07) is 3.26. The number of hydrogen-bond donors (Lipinski definition) is 1. The van der Waals surface area contributed by atoms with Crippen LogP contribution in [0, 0.1) is 5.92 Å². The molecule has 0 radical (unpaired) electrons. The molecule has 1 amide bonds. The summed E-state index contributed by atoms with van der Waals surface area (Å²) < 4.78 is 0. The minimum atomic E-state index is -0.784. The molecule has 2 heterocycles. The molecule has 2 rings (SSSR count). The number of piperidine rings is 1. The lowest BCUT2D eigenvalue weighted by Gasteiger charge is -2.32. The van der Waals surface area contributed by atoms with Gasteiger partial charge in [0.05, 0.1) is 5.02 Å². The standard InChI is InChI=1S/C14H17ClN2O3/c15-11-4-5-12(16-8-11)14(20)17-7-1-2-10(9-17)3-6-13(18)19/h4-5,8,10H,1-3,6-7,9H2,(H,18,19)/t10-/m0/s1. The quantitative estimate of drug-likeness (QED) is 0.926. The summed E-state index contributed by atoms with van der Waals surface area (Å²) in [5.41, 5.74) is 0.383. The Kier molecular flexibility index (Phi) is 4.95. The van der Waals surface area contributed by atoms with E-state index in [-0.39, 0.29) is 18.2 Å². The SMILES string of the molecule is O=C(O)CC[C@@H]1CCCN(C(=O)c2ccc(Cl)cn2)C1. The van der Waals surface area contributed by atoms with Crippen molar-refractivity contribution in [2.75, 3.05) is 13.1 Å². The Bertz CT molecular complexity index is 490. The van der Waals surface area contributed by atoms with Crippen LogP contribution in [0.2, 0.25) is 5.02 Å². The zero-order chi connectivity index (χ0) is 14.5. The van der Waals surface area contributed by atoms with Crippen LogP contribution in [-0.4, -0.2) is 40.0 Å². The van der Waals surface area contributed by atoms with E-state index in [4.69, 9.17) is 16.7 Å². The predicted molar refractivity (Wildman–Crippen MR) is 74.7 cm³/mol. The van der Waals surface area contributed by atoms with Crippen molar-refractivity contribution in [1.29, 1.82) is 0 Å². The van der Waals surface area contributed by atoms with Crippen LogP contribution in [0.1, 0.15) is 36.2 Å². The van der Waals surface area contributed by atoms with Gasteiger partial charge in [-0.05, 0) is 37.3 Å². The van der Waals surface area contributed by atoms with Gasteiger partial charge in [-0.15, -0.1) is 0 Å². The van der Waals surface area contributed by atoms with Gasteiger partial charge in [-0.2, -0.15) is 0 Å². The Balaban J connectivity index is 1.96. The van der Waals surface area contributed by atoms with Crippen LogP contribution in [0.4, 0.5) is 0 Å². The maximum Gasteiger partial charge on any atom is 0.303 e. The fourth-order valence-corrected chi connectivity index (χ4v) is 2.59. The van der Waals surface area contributed by atoms with Gasteiger partial charge < -0.3 is 10.0 Å². The average Bonchev–Trinajstić information content (AvgIpc) is 2.45. The van der Waals surface area contributed by atoms with Crippen LogP contribution in [-0.2, 0) is 4.79 Å². The molecule has 1 aromatic heterocycles. The van der Waals surface area contributed by atoms with Crippen molar-refractivity contribution in [1.82, 2.24) is 9.88 Å². The van der Waals surface area contributed by atoms with Crippen LogP contribution in [0.3, 0.4) is 0 Å². The third kappa shape index (κ3) is 3.93. The van der Waals surface area contributed by atoms with Gasteiger partial charge in [0.25, 0.3) is 5.91 Å². The zero-order valence-electron chi connectivity index (χ0n) is 11.1. The molecule has 1 aliphatic rings. The summed E-state index contributed by atoms with van der Waals surface area (Å²) in [7, 11) is 0. The van der Waals surface area contributed by atoms with Crippen LogP contribution >= 0.6 is 11.6 Å². The van der Waals surface area contributed by atoms with Crippen molar-refractivity contribution in [3.05, 3.63) is 29.0 Å². The maximum atomic E-state index is 12.3. The number of hydrogen-bond acceptors (Lipinski definition) is 3. The number of nitrogens with zero attached hydrogens (tertiary/aromatic N) is 2. The monoisotopic (exact) mass is 296 g/mol.